The van der Waals surface area contributed by atoms with Crippen molar-refractivity contribution in [3.8, 4) is 0 Å². The van der Waals surface area contributed by atoms with E-state index in [0.717, 1.165) is 74.2 Å². The maximum absolute atomic E-state index is 13.6. The highest BCUT2D eigenvalue weighted by molar-refractivity contribution is 6.11. The van der Waals surface area contributed by atoms with Crippen molar-refractivity contribution < 1.29 is 14.4 Å². The van der Waals surface area contributed by atoms with Gasteiger partial charge in [-0.15, -0.1) is 0 Å². The average molecular weight is 461 g/mol. The average Bonchev–Trinajstić information content (AvgIpc) is 3.38. The smallest absolute Gasteiger partial charge is 0.253 e. The Balaban J connectivity index is 1.46. The number of rotatable bonds is 4. The third kappa shape index (κ3) is 4.15. The van der Waals surface area contributed by atoms with Gasteiger partial charge in [-0.2, -0.15) is 0 Å². The number of aryl methyl sites for hydroxylation is 2. The Morgan fingerprint density at radius 2 is 1.71 bits per heavy atom. The molecular weight excluding hydrogens is 428 g/mol. The van der Waals surface area contributed by atoms with Crippen molar-refractivity contribution in [2.45, 2.75) is 52.0 Å². The summed E-state index contributed by atoms with van der Waals surface area (Å²) in [5.41, 5.74) is 4.95. The van der Waals surface area contributed by atoms with E-state index in [1.165, 1.54) is 0 Å². The van der Waals surface area contributed by atoms with Gasteiger partial charge in [-0.25, -0.2) is 0 Å². The minimum absolute atomic E-state index is 0.00620. The SMILES string of the molecule is Cc1ccc(C)c(NC(=O)CN2C(=O)[C@H]3CCCCN3c3ccc(C(=O)N4CCCC4)cc32)c1. The molecule has 2 aromatic carbocycles. The number of likely N-dealkylation sites (tertiary alicyclic amines) is 1. The van der Waals surface area contributed by atoms with E-state index in [2.05, 4.69) is 10.2 Å². The Morgan fingerprint density at radius 1 is 0.941 bits per heavy atom. The molecule has 2 aromatic rings. The van der Waals surface area contributed by atoms with Crippen LogP contribution >= 0.6 is 0 Å². The Morgan fingerprint density at radius 3 is 2.50 bits per heavy atom. The van der Waals surface area contributed by atoms with Crippen molar-refractivity contribution in [1.29, 1.82) is 0 Å². The summed E-state index contributed by atoms with van der Waals surface area (Å²) in [6, 6.07) is 11.3. The molecule has 3 amide bonds. The molecule has 0 saturated carbocycles. The van der Waals surface area contributed by atoms with Crippen molar-refractivity contribution >= 4 is 34.8 Å². The third-order valence-electron chi connectivity index (χ3n) is 7.24. The molecule has 2 fully saturated rings. The van der Waals surface area contributed by atoms with Crippen molar-refractivity contribution in [3.05, 3.63) is 53.1 Å². The minimum Gasteiger partial charge on any atom is -0.358 e. The predicted octanol–water partition coefficient (Wildman–Crippen LogP) is 3.88. The molecule has 178 valence electrons. The first kappa shape index (κ1) is 22.4. The van der Waals surface area contributed by atoms with Crippen molar-refractivity contribution in [2.24, 2.45) is 0 Å². The van der Waals surface area contributed by atoms with Gasteiger partial charge in [-0.3, -0.25) is 19.3 Å². The molecule has 1 N–H and O–H groups in total. The fourth-order valence-electron chi connectivity index (χ4n) is 5.36. The first-order chi connectivity index (χ1) is 16.4. The fraction of sp³-hybridized carbons (Fsp3) is 0.444. The van der Waals surface area contributed by atoms with Gasteiger partial charge in [-0.05, 0) is 81.3 Å². The molecule has 7 nitrogen and oxygen atoms in total. The molecule has 3 aliphatic rings. The number of carbonyl (C=O) groups is 3. The summed E-state index contributed by atoms with van der Waals surface area (Å²) in [6.45, 7) is 6.20. The highest BCUT2D eigenvalue weighted by Crippen LogP contribution is 2.40. The molecule has 3 heterocycles. The normalized spacial score (nSPS) is 19.6. The lowest BCUT2D eigenvalue weighted by Gasteiger charge is -2.45. The van der Waals surface area contributed by atoms with Crippen LogP contribution in [0.1, 0.15) is 53.6 Å². The van der Waals surface area contributed by atoms with Gasteiger partial charge in [0.15, 0.2) is 0 Å². The maximum atomic E-state index is 13.6. The zero-order valence-corrected chi connectivity index (χ0v) is 20.0. The topological polar surface area (TPSA) is 73.0 Å². The molecule has 0 aromatic heterocycles. The van der Waals surface area contributed by atoms with Gasteiger partial charge in [-0.1, -0.05) is 12.1 Å². The molecule has 0 unspecified atom stereocenters. The zero-order valence-electron chi connectivity index (χ0n) is 20.0. The number of nitrogens with zero attached hydrogens (tertiary/aromatic N) is 3. The van der Waals surface area contributed by atoms with E-state index in [1.54, 1.807) is 4.90 Å². The van der Waals surface area contributed by atoms with E-state index in [1.807, 2.05) is 55.1 Å². The van der Waals surface area contributed by atoms with Gasteiger partial charge in [0.25, 0.3) is 5.91 Å². The van der Waals surface area contributed by atoms with Crippen LogP contribution in [0.5, 0.6) is 0 Å². The van der Waals surface area contributed by atoms with E-state index in [0.29, 0.717) is 11.3 Å². The Kier molecular flexibility index (Phi) is 6.02. The Hall–Kier alpha value is -3.35. The number of amides is 3. The molecule has 34 heavy (non-hydrogen) atoms. The highest BCUT2D eigenvalue weighted by Gasteiger charge is 2.40. The van der Waals surface area contributed by atoms with Crippen LogP contribution in [0.15, 0.2) is 36.4 Å². The summed E-state index contributed by atoms with van der Waals surface area (Å²) in [5, 5.41) is 2.98. The van der Waals surface area contributed by atoms with Gasteiger partial charge in [0, 0.05) is 30.9 Å². The van der Waals surface area contributed by atoms with Crippen molar-refractivity contribution in [3.63, 3.8) is 0 Å². The van der Waals surface area contributed by atoms with E-state index in [-0.39, 0.29) is 30.3 Å². The second kappa shape index (κ2) is 9.12. The third-order valence-corrected chi connectivity index (χ3v) is 7.24. The molecule has 0 radical (unpaired) electrons. The molecule has 5 rings (SSSR count). The predicted molar refractivity (Wildman–Crippen MR) is 133 cm³/mol. The number of nitrogens with one attached hydrogen (secondary N) is 1. The first-order valence-corrected chi connectivity index (χ1v) is 12.3. The quantitative estimate of drug-likeness (QED) is 0.752. The molecule has 1 atom stereocenters. The van der Waals surface area contributed by atoms with Gasteiger partial charge < -0.3 is 15.1 Å². The number of piperidine rings is 1. The van der Waals surface area contributed by atoms with E-state index in [9.17, 15) is 14.4 Å². The van der Waals surface area contributed by atoms with Gasteiger partial charge >= 0.3 is 0 Å². The van der Waals surface area contributed by atoms with Crippen LogP contribution in [0.2, 0.25) is 0 Å². The molecule has 7 heteroatoms. The van der Waals surface area contributed by atoms with Crippen LogP contribution in [0.4, 0.5) is 17.1 Å². The standard InChI is InChI=1S/C27H32N4O3/c1-18-8-9-19(2)21(15-18)28-25(32)17-31-24-16-20(26(33)29-12-5-6-13-29)10-11-22(24)30-14-4-3-7-23(30)27(31)34/h8-11,15-16,23H,3-7,12-14,17H2,1-2H3,(H,28,32)/t23-/m1/s1. The second-order valence-corrected chi connectivity index (χ2v) is 9.70. The molecular formula is C27H32N4O3. The maximum Gasteiger partial charge on any atom is 0.253 e. The summed E-state index contributed by atoms with van der Waals surface area (Å²) >= 11 is 0. The van der Waals surface area contributed by atoms with Crippen LogP contribution in [0, 0.1) is 13.8 Å². The molecule has 3 aliphatic heterocycles. The second-order valence-electron chi connectivity index (χ2n) is 9.70. The number of carbonyl (C=O) groups excluding carboxylic acids is 3. The first-order valence-electron chi connectivity index (χ1n) is 12.3. The zero-order chi connectivity index (χ0) is 23.8. The lowest BCUT2D eigenvalue weighted by Crippen LogP contribution is -2.56. The summed E-state index contributed by atoms with van der Waals surface area (Å²) in [4.78, 5) is 45.3. The van der Waals surface area contributed by atoms with Crippen LogP contribution in [0.25, 0.3) is 0 Å². The number of benzene rings is 2. The van der Waals surface area contributed by atoms with Gasteiger partial charge in [0.05, 0.1) is 11.4 Å². The van der Waals surface area contributed by atoms with E-state index in [4.69, 9.17) is 0 Å². The summed E-state index contributed by atoms with van der Waals surface area (Å²) in [5.74, 6) is -0.309. The van der Waals surface area contributed by atoms with Crippen molar-refractivity contribution in [2.75, 3.05) is 41.3 Å². The van der Waals surface area contributed by atoms with Crippen LogP contribution in [-0.4, -0.2) is 54.8 Å². The summed E-state index contributed by atoms with van der Waals surface area (Å²) in [7, 11) is 0. The number of anilines is 3. The Bertz CT molecular complexity index is 1140. The van der Waals surface area contributed by atoms with Crippen molar-refractivity contribution in [1.82, 2.24) is 4.90 Å². The fourth-order valence-corrected chi connectivity index (χ4v) is 5.36. The lowest BCUT2D eigenvalue weighted by atomic mass is 9.95. The van der Waals surface area contributed by atoms with E-state index >= 15 is 0 Å². The molecule has 2 saturated heterocycles. The van der Waals surface area contributed by atoms with Crippen LogP contribution in [0.3, 0.4) is 0 Å². The van der Waals surface area contributed by atoms with Gasteiger partial charge in [0.2, 0.25) is 11.8 Å². The minimum atomic E-state index is -0.255. The highest BCUT2D eigenvalue weighted by atomic mass is 16.2. The number of hydrogen-bond acceptors (Lipinski definition) is 4. The molecule has 0 spiro atoms. The van der Waals surface area contributed by atoms with E-state index < -0.39 is 0 Å². The van der Waals surface area contributed by atoms with Crippen LogP contribution < -0.4 is 15.1 Å². The van der Waals surface area contributed by atoms with Crippen LogP contribution in [-0.2, 0) is 9.59 Å². The van der Waals surface area contributed by atoms with Gasteiger partial charge in [0.1, 0.15) is 12.6 Å². The number of fused-ring (bicyclic) bond motifs is 3. The lowest BCUT2D eigenvalue weighted by molar-refractivity contribution is -0.123. The molecule has 0 bridgehead atoms. The summed E-state index contributed by atoms with van der Waals surface area (Å²) in [6.07, 6.45) is 4.85. The molecule has 0 aliphatic carbocycles. The monoisotopic (exact) mass is 460 g/mol. The Labute approximate surface area is 200 Å². The summed E-state index contributed by atoms with van der Waals surface area (Å²) < 4.78 is 0. The largest absolute Gasteiger partial charge is 0.358 e. The number of hydrogen-bond donors (Lipinski definition) is 1.